The topological polar surface area (TPSA) is 67.7 Å². The fraction of sp³-hybridized carbons (Fsp3) is 0.263. The van der Waals surface area contributed by atoms with E-state index in [1.54, 1.807) is 12.3 Å². The van der Waals surface area contributed by atoms with Crippen molar-refractivity contribution in [2.45, 2.75) is 12.5 Å². The molecule has 1 aliphatic heterocycles. The largest absolute Gasteiger partial charge is 0.480 e. The number of methoxy groups -OCH3 is 1. The summed E-state index contributed by atoms with van der Waals surface area (Å²) in [5.41, 5.74) is 2.75. The lowest BCUT2D eigenvalue weighted by atomic mass is 10.1. The standard InChI is InChI=1S/C19H20N4O2/c1-25-18-17(19(24)23-11-3-2-4-16(23)22-18)13-5-7-14(8-6-13)21-15-9-10-20-12-15/h2-8,11,15,20-21H,9-10,12H2,1H3. The third-order valence-corrected chi connectivity index (χ3v) is 4.50. The Bertz CT molecular complexity index is 944. The number of benzene rings is 1. The Kier molecular flexibility index (Phi) is 4.11. The van der Waals surface area contributed by atoms with Gasteiger partial charge in [0.2, 0.25) is 5.88 Å². The van der Waals surface area contributed by atoms with Crippen LogP contribution in [0, 0.1) is 0 Å². The van der Waals surface area contributed by atoms with Gasteiger partial charge in [-0.3, -0.25) is 9.20 Å². The maximum Gasteiger partial charge on any atom is 0.269 e. The van der Waals surface area contributed by atoms with Crippen molar-refractivity contribution >= 4 is 11.3 Å². The molecule has 3 heterocycles. The SMILES string of the molecule is COc1nc2ccccn2c(=O)c1-c1ccc(NC2CCNC2)cc1. The molecular weight excluding hydrogens is 316 g/mol. The van der Waals surface area contributed by atoms with Crippen LogP contribution in [-0.2, 0) is 0 Å². The van der Waals surface area contributed by atoms with Crippen LogP contribution in [0.2, 0.25) is 0 Å². The number of hydrogen-bond donors (Lipinski definition) is 2. The molecule has 2 N–H and O–H groups in total. The molecule has 4 rings (SSSR count). The molecule has 128 valence electrons. The molecule has 0 aliphatic carbocycles. The van der Waals surface area contributed by atoms with Gasteiger partial charge in [-0.2, -0.15) is 4.98 Å². The number of nitrogens with one attached hydrogen (secondary N) is 2. The zero-order valence-electron chi connectivity index (χ0n) is 14.0. The Labute approximate surface area is 145 Å². The van der Waals surface area contributed by atoms with Gasteiger partial charge in [0.15, 0.2) is 0 Å². The maximum absolute atomic E-state index is 12.9. The van der Waals surface area contributed by atoms with E-state index in [-0.39, 0.29) is 5.56 Å². The van der Waals surface area contributed by atoms with Crippen molar-refractivity contribution in [2.24, 2.45) is 0 Å². The van der Waals surface area contributed by atoms with Crippen molar-refractivity contribution < 1.29 is 4.74 Å². The first-order valence-corrected chi connectivity index (χ1v) is 8.39. The van der Waals surface area contributed by atoms with Crippen LogP contribution in [0.4, 0.5) is 5.69 Å². The smallest absolute Gasteiger partial charge is 0.269 e. The maximum atomic E-state index is 12.9. The van der Waals surface area contributed by atoms with Crippen LogP contribution in [0.5, 0.6) is 5.88 Å². The predicted molar refractivity (Wildman–Crippen MR) is 98.3 cm³/mol. The van der Waals surface area contributed by atoms with E-state index in [4.69, 9.17) is 4.74 Å². The van der Waals surface area contributed by atoms with Crippen LogP contribution in [0.1, 0.15) is 6.42 Å². The molecule has 6 heteroatoms. The second-order valence-electron chi connectivity index (χ2n) is 6.14. The molecule has 1 saturated heterocycles. The first kappa shape index (κ1) is 15.7. The van der Waals surface area contributed by atoms with Gasteiger partial charge in [-0.1, -0.05) is 18.2 Å². The van der Waals surface area contributed by atoms with E-state index in [0.29, 0.717) is 23.1 Å². The van der Waals surface area contributed by atoms with Gasteiger partial charge in [-0.05, 0) is 42.8 Å². The molecule has 0 radical (unpaired) electrons. The minimum Gasteiger partial charge on any atom is -0.480 e. The molecule has 0 bridgehead atoms. The average Bonchev–Trinajstić information content (AvgIpc) is 3.15. The van der Waals surface area contributed by atoms with Gasteiger partial charge in [-0.15, -0.1) is 0 Å². The van der Waals surface area contributed by atoms with Crippen LogP contribution < -0.4 is 20.9 Å². The normalized spacial score (nSPS) is 16.9. The van der Waals surface area contributed by atoms with Gasteiger partial charge in [0.25, 0.3) is 5.56 Å². The van der Waals surface area contributed by atoms with Crippen LogP contribution >= 0.6 is 0 Å². The van der Waals surface area contributed by atoms with Crippen LogP contribution in [0.25, 0.3) is 16.8 Å². The van der Waals surface area contributed by atoms with Crippen molar-refractivity contribution in [3.8, 4) is 17.0 Å². The Hall–Kier alpha value is -2.86. The predicted octanol–water partition coefficient (Wildman–Crippen LogP) is 2.14. The lowest BCUT2D eigenvalue weighted by molar-refractivity contribution is 0.399. The van der Waals surface area contributed by atoms with Gasteiger partial charge >= 0.3 is 0 Å². The third kappa shape index (κ3) is 2.96. The quantitative estimate of drug-likeness (QED) is 0.764. The summed E-state index contributed by atoms with van der Waals surface area (Å²) < 4.78 is 6.91. The molecule has 1 atom stereocenters. The van der Waals surface area contributed by atoms with Crippen LogP contribution in [0.15, 0.2) is 53.5 Å². The fourth-order valence-electron chi connectivity index (χ4n) is 3.21. The summed E-state index contributed by atoms with van der Waals surface area (Å²) in [6.07, 6.45) is 2.84. The van der Waals surface area contributed by atoms with Gasteiger partial charge in [0.1, 0.15) is 11.2 Å². The van der Waals surface area contributed by atoms with Gasteiger partial charge in [0, 0.05) is 24.5 Å². The molecule has 25 heavy (non-hydrogen) atoms. The zero-order chi connectivity index (χ0) is 17.2. The van der Waals surface area contributed by atoms with Crippen molar-refractivity contribution in [1.29, 1.82) is 0 Å². The van der Waals surface area contributed by atoms with Crippen molar-refractivity contribution in [1.82, 2.24) is 14.7 Å². The molecule has 6 nitrogen and oxygen atoms in total. The molecule has 0 amide bonds. The van der Waals surface area contributed by atoms with E-state index in [1.807, 2.05) is 36.4 Å². The second kappa shape index (κ2) is 6.57. The van der Waals surface area contributed by atoms with Crippen LogP contribution in [-0.4, -0.2) is 35.6 Å². The fourth-order valence-corrected chi connectivity index (χ4v) is 3.21. The van der Waals surface area contributed by atoms with Crippen molar-refractivity contribution in [3.05, 3.63) is 59.0 Å². The van der Waals surface area contributed by atoms with E-state index in [2.05, 4.69) is 15.6 Å². The van der Waals surface area contributed by atoms with E-state index in [1.165, 1.54) is 11.5 Å². The minimum absolute atomic E-state index is 0.136. The molecule has 1 aliphatic rings. The summed E-state index contributed by atoms with van der Waals surface area (Å²) in [7, 11) is 1.54. The Morgan fingerprint density at radius 3 is 2.80 bits per heavy atom. The minimum atomic E-state index is -0.136. The number of fused-ring (bicyclic) bond motifs is 1. The van der Waals surface area contributed by atoms with Gasteiger partial charge < -0.3 is 15.4 Å². The third-order valence-electron chi connectivity index (χ3n) is 4.50. The summed E-state index contributed by atoms with van der Waals surface area (Å²) >= 11 is 0. The molecule has 2 aromatic heterocycles. The number of ether oxygens (including phenoxy) is 1. The monoisotopic (exact) mass is 336 g/mol. The molecule has 0 saturated carbocycles. The van der Waals surface area contributed by atoms with E-state index in [9.17, 15) is 4.79 Å². The average molecular weight is 336 g/mol. The van der Waals surface area contributed by atoms with E-state index < -0.39 is 0 Å². The Morgan fingerprint density at radius 2 is 2.08 bits per heavy atom. The van der Waals surface area contributed by atoms with Crippen molar-refractivity contribution in [2.75, 3.05) is 25.5 Å². The van der Waals surface area contributed by atoms with E-state index >= 15 is 0 Å². The Balaban J connectivity index is 1.73. The van der Waals surface area contributed by atoms with Gasteiger partial charge in [0.05, 0.1) is 7.11 Å². The molecular formula is C19H20N4O2. The number of anilines is 1. The zero-order valence-corrected chi connectivity index (χ0v) is 14.0. The molecule has 1 unspecified atom stereocenters. The summed E-state index contributed by atoms with van der Waals surface area (Å²) in [5.74, 6) is 0.344. The first-order chi connectivity index (χ1) is 12.3. The van der Waals surface area contributed by atoms with Crippen LogP contribution in [0.3, 0.4) is 0 Å². The number of rotatable bonds is 4. The highest BCUT2D eigenvalue weighted by Gasteiger charge is 2.16. The molecule has 3 aromatic rings. The second-order valence-corrected chi connectivity index (χ2v) is 6.14. The number of hydrogen-bond acceptors (Lipinski definition) is 5. The lowest BCUT2D eigenvalue weighted by Crippen LogP contribution is -2.22. The van der Waals surface area contributed by atoms with Crippen molar-refractivity contribution in [3.63, 3.8) is 0 Å². The molecule has 1 fully saturated rings. The lowest BCUT2D eigenvalue weighted by Gasteiger charge is -2.14. The number of nitrogens with zero attached hydrogens (tertiary/aromatic N) is 2. The summed E-state index contributed by atoms with van der Waals surface area (Å²) in [6.45, 7) is 2.03. The highest BCUT2D eigenvalue weighted by molar-refractivity contribution is 5.71. The summed E-state index contributed by atoms with van der Waals surface area (Å²) in [5, 5.41) is 6.84. The molecule has 1 aromatic carbocycles. The van der Waals surface area contributed by atoms with Gasteiger partial charge in [-0.25, -0.2) is 0 Å². The highest BCUT2D eigenvalue weighted by atomic mass is 16.5. The molecule has 0 spiro atoms. The Morgan fingerprint density at radius 1 is 1.24 bits per heavy atom. The summed E-state index contributed by atoms with van der Waals surface area (Å²) in [4.78, 5) is 17.3. The number of pyridine rings is 1. The summed E-state index contributed by atoms with van der Waals surface area (Å²) in [6, 6.07) is 13.7. The van der Waals surface area contributed by atoms with E-state index in [0.717, 1.165) is 30.8 Å². The number of aromatic nitrogens is 2. The highest BCUT2D eigenvalue weighted by Crippen LogP contribution is 2.26. The first-order valence-electron chi connectivity index (χ1n) is 8.39.